The van der Waals surface area contributed by atoms with Gasteiger partial charge < -0.3 is 4.98 Å². The molecule has 0 bridgehead atoms. The van der Waals surface area contributed by atoms with Crippen LogP contribution in [0, 0.1) is 6.92 Å². The quantitative estimate of drug-likeness (QED) is 0.765. The number of amides is 1. The van der Waals surface area contributed by atoms with Crippen LogP contribution in [0.2, 0.25) is 5.02 Å². The lowest BCUT2D eigenvalue weighted by atomic mass is 10.2. The van der Waals surface area contributed by atoms with Gasteiger partial charge in [0.2, 0.25) is 11.9 Å². The predicted molar refractivity (Wildman–Crippen MR) is 88.2 cm³/mol. The molecule has 0 atom stereocenters. The Bertz CT molecular complexity index is 794. The number of nitrogens with one attached hydrogen (secondary N) is 2. The first-order chi connectivity index (χ1) is 10.6. The fraction of sp³-hybridized carbons (Fsp3) is 0.133. The normalized spacial score (nSPS) is 10.6. The molecule has 2 heterocycles. The molecule has 1 amide bonds. The Morgan fingerprint density at radius 3 is 2.82 bits per heavy atom. The van der Waals surface area contributed by atoms with Crippen molar-refractivity contribution in [3.05, 3.63) is 51.6 Å². The summed E-state index contributed by atoms with van der Waals surface area (Å²) < 4.78 is 0. The topological polar surface area (TPSA) is 70.7 Å². The summed E-state index contributed by atoms with van der Waals surface area (Å²) in [4.78, 5) is 23.5. The van der Waals surface area contributed by atoms with Gasteiger partial charge in [-0.15, -0.1) is 11.3 Å². The monoisotopic (exact) mass is 332 g/mol. The maximum atomic E-state index is 12.0. The minimum atomic E-state index is -0.151. The molecule has 3 rings (SSSR count). The maximum Gasteiger partial charge on any atom is 0.232 e. The van der Waals surface area contributed by atoms with Crippen LogP contribution >= 0.6 is 22.9 Å². The zero-order chi connectivity index (χ0) is 15.5. The van der Waals surface area contributed by atoms with Gasteiger partial charge in [0, 0.05) is 10.4 Å². The third-order valence-corrected chi connectivity index (χ3v) is 4.07. The molecule has 3 aromatic rings. The van der Waals surface area contributed by atoms with Gasteiger partial charge in [-0.3, -0.25) is 10.1 Å². The fourth-order valence-corrected chi connectivity index (χ4v) is 2.73. The van der Waals surface area contributed by atoms with Gasteiger partial charge in [-0.05, 0) is 24.6 Å². The molecule has 2 N–H and O–H groups in total. The molecule has 0 aliphatic heterocycles. The zero-order valence-corrected chi connectivity index (χ0v) is 13.3. The molecule has 0 unspecified atom stereocenters. The van der Waals surface area contributed by atoms with E-state index in [1.807, 2.05) is 24.4 Å². The standard InChI is InChI=1S/C15H13ClN4OS/c1-9-18-12(8-22-9)6-14(21)20-15-17-7-13(19-15)10-2-4-11(16)5-3-10/h2-5,7-8H,6H2,1H3,(H2,17,19,20,21). The van der Waals surface area contributed by atoms with Gasteiger partial charge in [-0.2, -0.15) is 0 Å². The second kappa shape index (κ2) is 6.29. The largest absolute Gasteiger partial charge is 0.324 e. The minimum absolute atomic E-state index is 0.151. The van der Waals surface area contributed by atoms with Crippen LogP contribution in [0.15, 0.2) is 35.8 Å². The summed E-state index contributed by atoms with van der Waals surface area (Å²) in [5.41, 5.74) is 2.54. The van der Waals surface area contributed by atoms with Crippen molar-refractivity contribution in [1.29, 1.82) is 0 Å². The zero-order valence-electron chi connectivity index (χ0n) is 11.8. The first kappa shape index (κ1) is 14.7. The van der Waals surface area contributed by atoms with Crippen LogP contribution in [0.4, 0.5) is 5.95 Å². The van der Waals surface area contributed by atoms with E-state index in [4.69, 9.17) is 11.6 Å². The van der Waals surface area contributed by atoms with Crippen molar-refractivity contribution in [2.24, 2.45) is 0 Å². The van der Waals surface area contributed by atoms with E-state index in [1.54, 1.807) is 18.3 Å². The Kier molecular flexibility index (Phi) is 4.22. The van der Waals surface area contributed by atoms with Crippen LogP contribution in [-0.2, 0) is 11.2 Å². The van der Waals surface area contributed by atoms with Gasteiger partial charge in [0.15, 0.2) is 0 Å². The number of thiazole rings is 1. The number of H-pyrrole nitrogens is 1. The van der Waals surface area contributed by atoms with Crippen LogP contribution in [0.25, 0.3) is 11.3 Å². The molecule has 0 radical (unpaired) electrons. The highest BCUT2D eigenvalue weighted by atomic mass is 35.5. The summed E-state index contributed by atoms with van der Waals surface area (Å²) in [5.74, 6) is 0.268. The summed E-state index contributed by atoms with van der Waals surface area (Å²) >= 11 is 7.39. The van der Waals surface area contributed by atoms with Crippen molar-refractivity contribution in [2.75, 3.05) is 5.32 Å². The van der Waals surface area contributed by atoms with Crippen molar-refractivity contribution in [2.45, 2.75) is 13.3 Å². The SMILES string of the molecule is Cc1nc(CC(=O)Nc2ncc(-c3ccc(Cl)cc3)[nH]2)cs1. The number of carbonyl (C=O) groups is 1. The molecular formula is C15H13ClN4OS. The minimum Gasteiger partial charge on any atom is -0.324 e. The first-order valence-electron chi connectivity index (χ1n) is 6.62. The van der Waals surface area contributed by atoms with E-state index < -0.39 is 0 Å². The van der Waals surface area contributed by atoms with E-state index in [0.29, 0.717) is 11.0 Å². The van der Waals surface area contributed by atoms with Crippen LogP contribution in [0.5, 0.6) is 0 Å². The van der Waals surface area contributed by atoms with E-state index >= 15 is 0 Å². The van der Waals surface area contributed by atoms with E-state index in [9.17, 15) is 4.79 Å². The number of hydrogen-bond acceptors (Lipinski definition) is 4. The Balaban J connectivity index is 1.66. The predicted octanol–water partition coefficient (Wildman–Crippen LogP) is 3.68. The smallest absolute Gasteiger partial charge is 0.232 e. The average Bonchev–Trinajstić information content (AvgIpc) is 3.09. The number of rotatable bonds is 4. The number of halogens is 1. The third kappa shape index (κ3) is 3.52. The lowest BCUT2D eigenvalue weighted by Crippen LogP contribution is -2.15. The van der Waals surface area contributed by atoms with E-state index in [1.165, 1.54) is 11.3 Å². The number of anilines is 1. The molecule has 7 heteroatoms. The van der Waals surface area contributed by atoms with Crippen molar-refractivity contribution in [3.63, 3.8) is 0 Å². The molecule has 0 saturated heterocycles. The summed E-state index contributed by atoms with van der Waals surface area (Å²) in [6.45, 7) is 1.91. The lowest BCUT2D eigenvalue weighted by molar-refractivity contribution is -0.115. The number of carbonyl (C=O) groups excluding carboxylic acids is 1. The molecule has 0 fully saturated rings. The third-order valence-electron chi connectivity index (χ3n) is 3.00. The number of aromatic nitrogens is 3. The van der Waals surface area contributed by atoms with E-state index in [2.05, 4.69) is 20.3 Å². The van der Waals surface area contributed by atoms with Crippen LogP contribution in [-0.4, -0.2) is 20.9 Å². The van der Waals surface area contributed by atoms with Crippen LogP contribution in [0.1, 0.15) is 10.7 Å². The number of imidazole rings is 1. The van der Waals surface area contributed by atoms with Crippen molar-refractivity contribution in [3.8, 4) is 11.3 Å². The van der Waals surface area contributed by atoms with Gasteiger partial charge in [-0.25, -0.2) is 9.97 Å². The van der Waals surface area contributed by atoms with Crippen LogP contribution < -0.4 is 5.32 Å². The Hall–Kier alpha value is -2.18. The molecule has 0 aliphatic rings. The molecule has 0 aliphatic carbocycles. The van der Waals surface area contributed by atoms with Crippen molar-refractivity contribution in [1.82, 2.24) is 15.0 Å². The first-order valence-corrected chi connectivity index (χ1v) is 7.88. The molecule has 5 nitrogen and oxygen atoms in total. The van der Waals surface area contributed by atoms with Crippen LogP contribution in [0.3, 0.4) is 0 Å². The highest BCUT2D eigenvalue weighted by molar-refractivity contribution is 7.09. The second-order valence-corrected chi connectivity index (χ2v) is 6.23. The average molecular weight is 333 g/mol. The van der Waals surface area contributed by atoms with Gasteiger partial charge in [0.1, 0.15) is 0 Å². The molecular weight excluding hydrogens is 320 g/mol. The summed E-state index contributed by atoms with van der Waals surface area (Å²) in [6, 6.07) is 7.39. The number of hydrogen-bond donors (Lipinski definition) is 2. The van der Waals surface area contributed by atoms with Gasteiger partial charge >= 0.3 is 0 Å². The highest BCUT2D eigenvalue weighted by Gasteiger charge is 2.09. The van der Waals surface area contributed by atoms with E-state index in [0.717, 1.165) is 22.0 Å². The van der Waals surface area contributed by atoms with Gasteiger partial charge in [0.25, 0.3) is 0 Å². The summed E-state index contributed by atoms with van der Waals surface area (Å²) in [6.07, 6.45) is 1.91. The van der Waals surface area contributed by atoms with Crippen molar-refractivity contribution < 1.29 is 4.79 Å². The summed E-state index contributed by atoms with van der Waals surface area (Å²) in [5, 5.41) is 6.25. The molecule has 22 heavy (non-hydrogen) atoms. The highest BCUT2D eigenvalue weighted by Crippen LogP contribution is 2.20. The maximum absolute atomic E-state index is 12.0. The lowest BCUT2D eigenvalue weighted by Gasteiger charge is -2.00. The second-order valence-electron chi connectivity index (χ2n) is 4.74. The Morgan fingerprint density at radius 1 is 1.36 bits per heavy atom. The van der Waals surface area contributed by atoms with Crippen molar-refractivity contribution >= 4 is 34.8 Å². The van der Waals surface area contributed by atoms with E-state index in [-0.39, 0.29) is 12.3 Å². The molecule has 2 aromatic heterocycles. The molecule has 0 spiro atoms. The molecule has 0 saturated carbocycles. The van der Waals surface area contributed by atoms with Gasteiger partial charge in [-0.1, -0.05) is 23.7 Å². The fourth-order valence-electron chi connectivity index (χ4n) is 1.99. The Morgan fingerprint density at radius 2 is 2.14 bits per heavy atom. The number of aryl methyl sites for hydroxylation is 1. The van der Waals surface area contributed by atoms with Gasteiger partial charge in [0.05, 0.1) is 29.0 Å². The Labute approximate surface area is 136 Å². The number of benzene rings is 1. The summed E-state index contributed by atoms with van der Waals surface area (Å²) in [7, 11) is 0. The number of nitrogens with zero attached hydrogens (tertiary/aromatic N) is 2. The molecule has 112 valence electrons. The molecule has 1 aromatic carbocycles. The number of aromatic amines is 1.